The molecule has 4 nitrogen and oxygen atoms in total. The largest absolute Gasteiger partial charge is 0.354 e. The lowest BCUT2D eigenvalue weighted by atomic mass is 10.1. The van der Waals surface area contributed by atoms with Gasteiger partial charge in [-0.05, 0) is 49.7 Å². The molecular weight excluding hydrogens is 318 g/mol. The number of nitrogens with one attached hydrogen (secondary N) is 1. The van der Waals surface area contributed by atoms with Gasteiger partial charge >= 0.3 is 0 Å². The average molecular weight is 341 g/mol. The molecule has 1 fully saturated rings. The van der Waals surface area contributed by atoms with Crippen LogP contribution in [-0.4, -0.2) is 41.2 Å². The fourth-order valence-corrected chi connectivity index (χ4v) is 3.81. The van der Waals surface area contributed by atoms with Crippen molar-refractivity contribution in [1.82, 2.24) is 15.2 Å². The second-order valence-corrected chi connectivity index (χ2v) is 7.05. The molecule has 0 saturated carbocycles. The first kappa shape index (κ1) is 17.0. The van der Waals surface area contributed by atoms with Crippen LogP contribution >= 0.6 is 11.8 Å². The number of carbonyl (C=O) groups excluding carboxylic acids is 1. The third kappa shape index (κ3) is 4.58. The first-order valence-corrected chi connectivity index (χ1v) is 9.43. The van der Waals surface area contributed by atoms with E-state index < -0.39 is 0 Å². The summed E-state index contributed by atoms with van der Waals surface area (Å²) in [6.07, 6.45) is 5.88. The van der Waals surface area contributed by atoms with Gasteiger partial charge in [-0.25, -0.2) is 0 Å². The highest BCUT2D eigenvalue weighted by Crippen LogP contribution is 2.25. The number of nitrogens with zero attached hydrogens (tertiary/aromatic N) is 2. The van der Waals surface area contributed by atoms with Gasteiger partial charge in [0.15, 0.2) is 0 Å². The van der Waals surface area contributed by atoms with Gasteiger partial charge in [-0.1, -0.05) is 24.3 Å². The van der Waals surface area contributed by atoms with Gasteiger partial charge in [0.25, 0.3) is 0 Å². The molecule has 1 atom stereocenters. The van der Waals surface area contributed by atoms with Crippen molar-refractivity contribution < 1.29 is 4.79 Å². The van der Waals surface area contributed by atoms with Crippen LogP contribution in [0.15, 0.2) is 59.8 Å². The molecule has 0 bridgehead atoms. The Balaban J connectivity index is 1.55. The quantitative estimate of drug-likeness (QED) is 0.621. The van der Waals surface area contributed by atoms with Crippen LogP contribution in [0.3, 0.4) is 0 Å². The third-order valence-electron chi connectivity index (χ3n) is 4.17. The maximum absolute atomic E-state index is 12.8. The van der Waals surface area contributed by atoms with Gasteiger partial charge in [-0.3, -0.25) is 14.7 Å². The van der Waals surface area contributed by atoms with E-state index in [0.717, 1.165) is 37.2 Å². The third-order valence-corrected chi connectivity index (χ3v) is 5.18. The van der Waals surface area contributed by atoms with Gasteiger partial charge in [0.05, 0.1) is 0 Å². The van der Waals surface area contributed by atoms with Crippen LogP contribution in [0.25, 0.3) is 0 Å². The number of rotatable bonds is 7. The molecule has 2 heterocycles. The van der Waals surface area contributed by atoms with Crippen LogP contribution < -0.4 is 5.32 Å². The molecule has 1 saturated heterocycles. The molecule has 126 valence electrons. The van der Waals surface area contributed by atoms with Gasteiger partial charge in [-0.15, -0.1) is 11.8 Å². The number of benzene rings is 1. The van der Waals surface area contributed by atoms with E-state index in [1.165, 1.54) is 4.90 Å². The number of carbonyl (C=O) groups is 1. The lowest BCUT2D eigenvalue weighted by Crippen LogP contribution is -2.40. The van der Waals surface area contributed by atoms with Gasteiger partial charge in [-0.2, -0.15) is 0 Å². The summed E-state index contributed by atoms with van der Waals surface area (Å²) < 4.78 is 0. The molecular formula is C19H23N3OS. The van der Waals surface area contributed by atoms with Gasteiger partial charge in [0, 0.05) is 29.6 Å². The Morgan fingerprint density at radius 1 is 1.17 bits per heavy atom. The predicted octanol–water partition coefficient (Wildman–Crippen LogP) is 3.13. The van der Waals surface area contributed by atoms with Crippen molar-refractivity contribution in [1.29, 1.82) is 0 Å². The van der Waals surface area contributed by atoms with Crippen molar-refractivity contribution in [2.45, 2.75) is 23.8 Å². The Kier molecular flexibility index (Phi) is 6.26. The number of hydrogen-bond donors (Lipinski definition) is 1. The maximum atomic E-state index is 12.8. The lowest BCUT2D eigenvalue weighted by Gasteiger charge is -2.26. The van der Waals surface area contributed by atoms with Crippen molar-refractivity contribution in [2.75, 3.05) is 25.4 Å². The molecule has 0 unspecified atom stereocenters. The van der Waals surface area contributed by atoms with Crippen molar-refractivity contribution in [3.05, 3.63) is 60.4 Å². The van der Waals surface area contributed by atoms with E-state index in [9.17, 15) is 4.79 Å². The standard InChI is InChI=1S/C19H23N3OS/c23-19(21-11-14-24-17-8-2-1-3-9-17)18(22-12-4-5-13-22)16-7-6-10-20-15-16/h1-3,6-10,15,18H,4-5,11-14H2,(H,21,23)/t18-/m0/s1. The van der Waals surface area contributed by atoms with Crippen LogP contribution in [0.4, 0.5) is 0 Å². The van der Waals surface area contributed by atoms with Crippen LogP contribution in [0.2, 0.25) is 0 Å². The molecule has 1 amide bonds. The fraction of sp³-hybridized carbons (Fsp3) is 0.368. The molecule has 5 heteroatoms. The van der Waals surface area contributed by atoms with Crippen molar-refractivity contribution in [3.63, 3.8) is 0 Å². The lowest BCUT2D eigenvalue weighted by molar-refractivity contribution is -0.126. The molecule has 0 aliphatic carbocycles. The van der Waals surface area contributed by atoms with E-state index in [-0.39, 0.29) is 11.9 Å². The zero-order valence-electron chi connectivity index (χ0n) is 13.7. The zero-order valence-corrected chi connectivity index (χ0v) is 14.5. The molecule has 3 rings (SSSR count). The van der Waals surface area contributed by atoms with E-state index in [4.69, 9.17) is 0 Å². The zero-order chi connectivity index (χ0) is 16.6. The number of thioether (sulfide) groups is 1. The molecule has 2 aromatic rings. The van der Waals surface area contributed by atoms with E-state index in [1.807, 2.05) is 30.3 Å². The smallest absolute Gasteiger partial charge is 0.242 e. The Labute approximate surface area is 147 Å². The monoisotopic (exact) mass is 341 g/mol. The number of hydrogen-bond acceptors (Lipinski definition) is 4. The number of likely N-dealkylation sites (tertiary alicyclic amines) is 1. The summed E-state index contributed by atoms with van der Waals surface area (Å²) in [6, 6.07) is 13.9. The van der Waals surface area contributed by atoms with Crippen LogP contribution in [0.5, 0.6) is 0 Å². The molecule has 1 aromatic carbocycles. The molecule has 0 spiro atoms. The topological polar surface area (TPSA) is 45.2 Å². The highest BCUT2D eigenvalue weighted by Gasteiger charge is 2.29. The summed E-state index contributed by atoms with van der Waals surface area (Å²) in [5.41, 5.74) is 0.979. The Morgan fingerprint density at radius 3 is 2.67 bits per heavy atom. The summed E-state index contributed by atoms with van der Waals surface area (Å²) in [6.45, 7) is 2.63. The fourth-order valence-electron chi connectivity index (χ4n) is 3.02. The second-order valence-electron chi connectivity index (χ2n) is 5.88. The van der Waals surface area contributed by atoms with Crippen LogP contribution in [-0.2, 0) is 4.79 Å². The molecule has 24 heavy (non-hydrogen) atoms. The Bertz CT molecular complexity index is 630. The highest BCUT2D eigenvalue weighted by molar-refractivity contribution is 7.99. The second kappa shape index (κ2) is 8.85. The van der Waals surface area contributed by atoms with Crippen LogP contribution in [0.1, 0.15) is 24.4 Å². The number of pyridine rings is 1. The molecule has 1 N–H and O–H groups in total. The van der Waals surface area contributed by atoms with Crippen molar-refractivity contribution in [2.24, 2.45) is 0 Å². The Hall–Kier alpha value is -1.85. The molecule has 0 radical (unpaired) electrons. The van der Waals surface area contributed by atoms with Gasteiger partial charge < -0.3 is 5.32 Å². The minimum atomic E-state index is -0.220. The number of amides is 1. The Morgan fingerprint density at radius 2 is 1.96 bits per heavy atom. The summed E-state index contributed by atoms with van der Waals surface area (Å²) in [5.74, 6) is 0.953. The average Bonchev–Trinajstić information content (AvgIpc) is 3.15. The SMILES string of the molecule is O=C(NCCSc1ccccc1)[C@H](c1cccnc1)N1CCCC1. The molecule has 1 aromatic heterocycles. The van der Waals surface area contributed by atoms with E-state index in [1.54, 1.807) is 24.2 Å². The van der Waals surface area contributed by atoms with E-state index >= 15 is 0 Å². The highest BCUT2D eigenvalue weighted by atomic mass is 32.2. The summed E-state index contributed by atoms with van der Waals surface area (Å²) in [7, 11) is 0. The normalized spacial score (nSPS) is 16.0. The van der Waals surface area contributed by atoms with Crippen molar-refractivity contribution >= 4 is 17.7 Å². The molecule has 1 aliphatic heterocycles. The summed E-state index contributed by atoms with van der Waals surface area (Å²) in [4.78, 5) is 20.4. The maximum Gasteiger partial charge on any atom is 0.242 e. The van der Waals surface area contributed by atoms with Crippen LogP contribution in [0, 0.1) is 0 Å². The van der Waals surface area contributed by atoms with Gasteiger partial charge in [0.1, 0.15) is 6.04 Å². The minimum absolute atomic E-state index is 0.0820. The first-order valence-electron chi connectivity index (χ1n) is 8.44. The summed E-state index contributed by atoms with van der Waals surface area (Å²) >= 11 is 1.76. The van der Waals surface area contributed by atoms with Crippen molar-refractivity contribution in [3.8, 4) is 0 Å². The number of aromatic nitrogens is 1. The molecule has 1 aliphatic rings. The van der Waals surface area contributed by atoms with E-state index in [0.29, 0.717) is 6.54 Å². The minimum Gasteiger partial charge on any atom is -0.354 e. The first-order chi connectivity index (χ1) is 11.8. The van der Waals surface area contributed by atoms with Gasteiger partial charge in [0.2, 0.25) is 5.91 Å². The summed E-state index contributed by atoms with van der Waals surface area (Å²) in [5, 5.41) is 3.10. The van der Waals surface area contributed by atoms with E-state index in [2.05, 4.69) is 27.3 Å². The predicted molar refractivity (Wildman–Crippen MR) is 98.0 cm³/mol.